The van der Waals surface area contributed by atoms with Gasteiger partial charge in [0.1, 0.15) is 0 Å². The van der Waals surface area contributed by atoms with Crippen molar-refractivity contribution < 1.29 is 0 Å². The lowest BCUT2D eigenvalue weighted by molar-refractivity contribution is 0.0379. The Bertz CT molecular complexity index is 186. The summed E-state index contributed by atoms with van der Waals surface area (Å²) in [5.41, 5.74) is 0. The van der Waals surface area contributed by atoms with Gasteiger partial charge in [0.2, 0.25) is 0 Å². The van der Waals surface area contributed by atoms with Crippen molar-refractivity contribution in [1.82, 2.24) is 0 Å². The van der Waals surface area contributed by atoms with E-state index in [1.54, 1.807) is 0 Å². The van der Waals surface area contributed by atoms with Crippen LogP contribution in [0.2, 0.25) is 0 Å². The molecule has 0 aromatic rings. The number of alkyl halides is 2. The molecule has 0 radical (unpaired) electrons. The second-order valence-electron chi connectivity index (χ2n) is 4.88. The van der Waals surface area contributed by atoms with E-state index >= 15 is 0 Å². The topological polar surface area (TPSA) is 0 Å². The standard InChI is InChI=1S/C10H14Br2/c11-9-6-1-5-2-7(4-6)10(12)8(9)3-5/h5-10H,1-4H2/t5?,6?,7?,8?,9-,10?/m0/s1. The maximum Gasteiger partial charge on any atom is 0.0213 e. The number of halogens is 2. The molecule has 0 aliphatic heterocycles. The second kappa shape index (κ2) is 2.73. The van der Waals surface area contributed by atoms with Crippen LogP contribution in [-0.2, 0) is 0 Å². The fraction of sp³-hybridized carbons (Fsp3) is 1.00. The van der Waals surface area contributed by atoms with Gasteiger partial charge in [-0.3, -0.25) is 0 Å². The molecule has 4 bridgehead atoms. The van der Waals surface area contributed by atoms with E-state index in [1.807, 2.05) is 0 Å². The van der Waals surface area contributed by atoms with Gasteiger partial charge >= 0.3 is 0 Å². The third-order valence-corrected chi connectivity index (χ3v) is 7.06. The van der Waals surface area contributed by atoms with Gasteiger partial charge in [-0.25, -0.2) is 0 Å². The van der Waals surface area contributed by atoms with Crippen LogP contribution in [-0.4, -0.2) is 9.65 Å². The lowest BCUT2D eigenvalue weighted by Crippen LogP contribution is -2.51. The molecule has 0 saturated heterocycles. The molecule has 5 unspecified atom stereocenters. The van der Waals surface area contributed by atoms with E-state index < -0.39 is 0 Å². The molecule has 4 rings (SSSR count). The van der Waals surface area contributed by atoms with Gasteiger partial charge < -0.3 is 0 Å². The van der Waals surface area contributed by atoms with Gasteiger partial charge in [-0.15, -0.1) is 0 Å². The molecule has 68 valence electrons. The Labute approximate surface area is 90.7 Å². The van der Waals surface area contributed by atoms with Crippen LogP contribution in [0.15, 0.2) is 0 Å². The Morgan fingerprint density at radius 1 is 0.750 bits per heavy atom. The molecular weight excluding hydrogens is 280 g/mol. The van der Waals surface area contributed by atoms with E-state index in [0.29, 0.717) is 0 Å². The lowest BCUT2D eigenvalue weighted by Gasteiger charge is -2.55. The third-order valence-electron chi connectivity index (χ3n) is 4.20. The van der Waals surface area contributed by atoms with Crippen molar-refractivity contribution in [3.63, 3.8) is 0 Å². The van der Waals surface area contributed by atoms with Gasteiger partial charge in [0.05, 0.1) is 0 Å². The Balaban J connectivity index is 1.93. The van der Waals surface area contributed by atoms with Crippen molar-refractivity contribution in [2.24, 2.45) is 23.7 Å². The summed E-state index contributed by atoms with van der Waals surface area (Å²) in [5, 5.41) is 0. The zero-order valence-electron chi connectivity index (χ0n) is 7.05. The predicted molar refractivity (Wildman–Crippen MR) is 57.9 cm³/mol. The van der Waals surface area contributed by atoms with Gasteiger partial charge in [-0.1, -0.05) is 31.9 Å². The average molecular weight is 294 g/mol. The monoisotopic (exact) mass is 292 g/mol. The first-order valence-electron chi connectivity index (χ1n) is 5.04. The number of hydrogen-bond acceptors (Lipinski definition) is 0. The first kappa shape index (κ1) is 8.28. The van der Waals surface area contributed by atoms with Crippen molar-refractivity contribution in [3.8, 4) is 0 Å². The highest BCUT2D eigenvalue weighted by atomic mass is 79.9. The number of rotatable bonds is 0. The molecule has 0 amide bonds. The van der Waals surface area contributed by atoms with Crippen LogP contribution in [0.1, 0.15) is 25.7 Å². The Morgan fingerprint density at radius 3 is 1.92 bits per heavy atom. The van der Waals surface area contributed by atoms with E-state index in [1.165, 1.54) is 25.7 Å². The molecule has 0 N–H and O–H groups in total. The van der Waals surface area contributed by atoms with E-state index in [-0.39, 0.29) is 0 Å². The Morgan fingerprint density at radius 2 is 1.33 bits per heavy atom. The summed E-state index contributed by atoms with van der Waals surface area (Å²) in [6.07, 6.45) is 6.00. The molecule has 0 aromatic heterocycles. The molecule has 6 atom stereocenters. The summed E-state index contributed by atoms with van der Waals surface area (Å²) in [7, 11) is 0. The predicted octanol–water partition coefficient (Wildman–Crippen LogP) is 3.58. The lowest BCUT2D eigenvalue weighted by atomic mass is 9.56. The highest BCUT2D eigenvalue weighted by Gasteiger charge is 2.51. The maximum absolute atomic E-state index is 3.89. The van der Waals surface area contributed by atoms with Crippen LogP contribution in [0.4, 0.5) is 0 Å². The molecule has 0 nitrogen and oxygen atoms in total. The highest BCUT2D eigenvalue weighted by molar-refractivity contribution is 9.10. The summed E-state index contributed by atoms with van der Waals surface area (Å²) >= 11 is 7.78. The summed E-state index contributed by atoms with van der Waals surface area (Å²) in [6, 6.07) is 0. The van der Waals surface area contributed by atoms with Gasteiger partial charge in [-0.2, -0.15) is 0 Å². The van der Waals surface area contributed by atoms with Crippen molar-refractivity contribution in [2.45, 2.75) is 35.3 Å². The molecule has 2 heteroatoms. The zero-order valence-corrected chi connectivity index (χ0v) is 10.2. The molecule has 0 heterocycles. The average Bonchev–Trinajstić information content (AvgIpc) is 2.07. The van der Waals surface area contributed by atoms with Crippen molar-refractivity contribution in [3.05, 3.63) is 0 Å². The van der Waals surface area contributed by atoms with Crippen LogP contribution >= 0.6 is 31.9 Å². The molecular formula is C10H14Br2. The first-order valence-corrected chi connectivity index (χ1v) is 6.87. The smallest absolute Gasteiger partial charge is 0.0213 e. The fourth-order valence-corrected chi connectivity index (χ4v) is 6.13. The van der Waals surface area contributed by atoms with Gasteiger partial charge in [0.15, 0.2) is 0 Å². The summed E-state index contributed by atoms with van der Waals surface area (Å²) in [6.45, 7) is 0. The minimum Gasteiger partial charge on any atom is -0.0884 e. The third kappa shape index (κ3) is 1.00. The summed E-state index contributed by atoms with van der Waals surface area (Å²) in [5.74, 6) is 4.06. The van der Waals surface area contributed by atoms with Crippen LogP contribution in [0.5, 0.6) is 0 Å². The molecule has 0 aromatic carbocycles. The maximum atomic E-state index is 3.89. The van der Waals surface area contributed by atoms with Crippen LogP contribution in [0.3, 0.4) is 0 Å². The second-order valence-corrected chi connectivity index (χ2v) is 7.00. The largest absolute Gasteiger partial charge is 0.0884 e. The van der Waals surface area contributed by atoms with Crippen molar-refractivity contribution in [2.75, 3.05) is 0 Å². The van der Waals surface area contributed by atoms with Gasteiger partial charge in [0, 0.05) is 9.65 Å². The molecule has 4 fully saturated rings. The van der Waals surface area contributed by atoms with E-state index in [0.717, 1.165) is 33.3 Å². The van der Waals surface area contributed by atoms with Crippen LogP contribution in [0.25, 0.3) is 0 Å². The quantitative estimate of drug-likeness (QED) is 0.599. The van der Waals surface area contributed by atoms with Crippen molar-refractivity contribution >= 4 is 31.9 Å². The summed E-state index contributed by atoms with van der Waals surface area (Å²) in [4.78, 5) is 1.66. The van der Waals surface area contributed by atoms with Crippen LogP contribution in [0, 0.1) is 23.7 Å². The van der Waals surface area contributed by atoms with Gasteiger partial charge in [0.25, 0.3) is 0 Å². The minimum atomic E-state index is 0.828. The summed E-state index contributed by atoms with van der Waals surface area (Å²) < 4.78 is 0. The highest BCUT2D eigenvalue weighted by Crippen LogP contribution is 2.57. The first-order chi connectivity index (χ1) is 5.75. The SMILES string of the molecule is BrC1C2CC3CC(C2)[C@H](Br)C1C3. The molecule has 4 saturated carbocycles. The molecule has 4 aliphatic carbocycles. The Kier molecular flexibility index (Phi) is 1.88. The zero-order chi connectivity index (χ0) is 8.29. The fourth-order valence-electron chi connectivity index (χ4n) is 3.77. The van der Waals surface area contributed by atoms with Crippen LogP contribution < -0.4 is 0 Å². The number of hydrogen-bond donors (Lipinski definition) is 0. The molecule has 12 heavy (non-hydrogen) atoms. The molecule has 0 spiro atoms. The van der Waals surface area contributed by atoms with E-state index in [9.17, 15) is 0 Å². The minimum absolute atomic E-state index is 0.828. The van der Waals surface area contributed by atoms with E-state index in [4.69, 9.17) is 0 Å². The normalized spacial score (nSPS) is 62.5. The van der Waals surface area contributed by atoms with Gasteiger partial charge in [-0.05, 0) is 49.4 Å². The Hall–Kier alpha value is 0.960. The molecule has 4 aliphatic rings. The van der Waals surface area contributed by atoms with Crippen molar-refractivity contribution in [1.29, 1.82) is 0 Å². The van der Waals surface area contributed by atoms with E-state index in [2.05, 4.69) is 31.9 Å².